The van der Waals surface area contributed by atoms with Crippen LogP contribution in [0.1, 0.15) is 67.2 Å². The maximum Gasteiger partial charge on any atom is -0.0354 e. The van der Waals surface area contributed by atoms with Crippen LogP contribution in [0.5, 0.6) is 0 Å². The monoisotopic (exact) mass is 210 g/mol. The molecule has 3 unspecified atom stereocenters. The minimum atomic E-state index is 0.523. The van der Waals surface area contributed by atoms with E-state index < -0.39 is 0 Å². The van der Waals surface area contributed by atoms with Gasteiger partial charge in [-0.25, -0.2) is 0 Å². The van der Waals surface area contributed by atoms with Crippen molar-refractivity contribution in [3.05, 3.63) is 0 Å². The average Bonchev–Trinajstić information content (AvgIpc) is 2.48. The van der Waals surface area contributed by atoms with Crippen molar-refractivity contribution < 1.29 is 0 Å². The van der Waals surface area contributed by atoms with Crippen molar-refractivity contribution >= 4 is 0 Å². The molecule has 0 aliphatic heterocycles. The Hall–Kier alpha value is 0. The highest BCUT2D eigenvalue weighted by molar-refractivity contribution is 4.89. The van der Waals surface area contributed by atoms with Crippen LogP contribution in [0.15, 0.2) is 0 Å². The van der Waals surface area contributed by atoms with Crippen LogP contribution in [0.25, 0.3) is 0 Å². The summed E-state index contributed by atoms with van der Waals surface area (Å²) in [5.41, 5.74) is 0.523. The lowest BCUT2D eigenvalue weighted by Gasteiger charge is -2.27. The van der Waals surface area contributed by atoms with Gasteiger partial charge in [0.2, 0.25) is 0 Å². The Balaban J connectivity index is 2.65. The number of hydrogen-bond acceptors (Lipinski definition) is 0. The molecule has 1 aliphatic rings. The minimum Gasteiger partial charge on any atom is -0.0654 e. The Labute approximate surface area is 96.8 Å². The molecule has 0 aromatic heterocycles. The van der Waals surface area contributed by atoms with E-state index >= 15 is 0 Å². The Morgan fingerprint density at radius 3 is 2.13 bits per heavy atom. The standard InChI is InChI=1S/C15H30/c1-7-8-12-9-13(15(4,5)6)10-14(12)11(2)3/h11-14H,7-10H2,1-6H3. The van der Waals surface area contributed by atoms with Gasteiger partial charge in [-0.15, -0.1) is 0 Å². The van der Waals surface area contributed by atoms with Crippen LogP contribution in [0.3, 0.4) is 0 Å². The maximum absolute atomic E-state index is 2.42. The van der Waals surface area contributed by atoms with E-state index in [0.717, 1.165) is 23.7 Å². The van der Waals surface area contributed by atoms with Crippen LogP contribution in [0, 0.1) is 29.1 Å². The first-order chi connectivity index (χ1) is 6.86. The molecule has 0 bridgehead atoms. The van der Waals surface area contributed by atoms with Gasteiger partial charge in [-0.2, -0.15) is 0 Å². The van der Waals surface area contributed by atoms with Crippen LogP contribution in [0.2, 0.25) is 0 Å². The molecule has 0 aromatic carbocycles. The quantitative estimate of drug-likeness (QED) is 0.605. The maximum atomic E-state index is 2.42. The smallest absolute Gasteiger partial charge is 0.0354 e. The summed E-state index contributed by atoms with van der Waals surface area (Å²) in [5, 5.41) is 0. The third-order valence-corrected chi connectivity index (χ3v) is 4.49. The largest absolute Gasteiger partial charge is 0.0654 e. The first-order valence-electron chi connectivity index (χ1n) is 6.86. The second kappa shape index (κ2) is 4.89. The summed E-state index contributed by atoms with van der Waals surface area (Å²) >= 11 is 0. The van der Waals surface area contributed by atoms with E-state index in [9.17, 15) is 0 Å². The van der Waals surface area contributed by atoms with Crippen molar-refractivity contribution in [2.75, 3.05) is 0 Å². The van der Waals surface area contributed by atoms with Gasteiger partial charge in [0, 0.05) is 0 Å². The molecule has 1 aliphatic carbocycles. The average molecular weight is 210 g/mol. The Kier molecular flexibility index (Phi) is 4.26. The van der Waals surface area contributed by atoms with Gasteiger partial charge in [0.25, 0.3) is 0 Å². The van der Waals surface area contributed by atoms with Gasteiger partial charge in [-0.1, -0.05) is 54.4 Å². The fourth-order valence-corrected chi connectivity index (χ4v) is 3.38. The molecule has 90 valence electrons. The molecule has 0 amide bonds. The van der Waals surface area contributed by atoms with Crippen molar-refractivity contribution in [1.82, 2.24) is 0 Å². The summed E-state index contributed by atoms with van der Waals surface area (Å²) in [4.78, 5) is 0. The van der Waals surface area contributed by atoms with Crippen molar-refractivity contribution in [2.24, 2.45) is 29.1 Å². The lowest BCUT2D eigenvalue weighted by Crippen LogP contribution is -2.18. The molecular weight excluding hydrogens is 180 g/mol. The van der Waals surface area contributed by atoms with Crippen molar-refractivity contribution in [2.45, 2.75) is 67.2 Å². The van der Waals surface area contributed by atoms with Gasteiger partial charge in [0.1, 0.15) is 0 Å². The topological polar surface area (TPSA) is 0 Å². The molecule has 3 atom stereocenters. The zero-order chi connectivity index (χ0) is 11.6. The first kappa shape index (κ1) is 13.1. The van der Waals surface area contributed by atoms with E-state index in [1.54, 1.807) is 0 Å². The molecule has 15 heavy (non-hydrogen) atoms. The van der Waals surface area contributed by atoms with Crippen LogP contribution >= 0.6 is 0 Å². The van der Waals surface area contributed by atoms with Crippen molar-refractivity contribution in [3.63, 3.8) is 0 Å². The van der Waals surface area contributed by atoms with Gasteiger partial charge in [-0.05, 0) is 41.9 Å². The lowest BCUT2D eigenvalue weighted by atomic mass is 9.78. The highest BCUT2D eigenvalue weighted by Gasteiger charge is 2.39. The van der Waals surface area contributed by atoms with Gasteiger partial charge in [0.05, 0.1) is 0 Å². The van der Waals surface area contributed by atoms with Gasteiger partial charge in [0.15, 0.2) is 0 Å². The van der Waals surface area contributed by atoms with E-state index in [1.807, 2.05) is 0 Å². The zero-order valence-electron chi connectivity index (χ0n) is 11.6. The Morgan fingerprint density at radius 2 is 1.73 bits per heavy atom. The highest BCUT2D eigenvalue weighted by Crippen LogP contribution is 2.49. The molecule has 1 rings (SSSR count). The van der Waals surface area contributed by atoms with Gasteiger partial charge < -0.3 is 0 Å². The second-order valence-corrected chi connectivity index (χ2v) is 6.99. The van der Waals surface area contributed by atoms with E-state index in [1.165, 1.54) is 25.7 Å². The summed E-state index contributed by atoms with van der Waals surface area (Å²) in [7, 11) is 0. The summed E-state index contributed by atoms with van der Waals surface area (Å²) in [5.74, 6) is 3.85. The molecule has 0 radical (unpaired) electrons. The van der Waals surface area contributed by atoms with Gasteiger partial charge in [-0.3, -0.25) is 0 Å². The van der Waals surface area contributed by atoms with Gasteiger partial charge >= 0.3 is 0 Å². The van der Waals surface area contributed by atoms with Crippen molar-refractivity contribution in [1.29, 1.82) is 0 Å². The molecule has 0 heterocycles. The molecule has 1 fully saturated rings. The van der Waals surface area contributed by atoms with E-state index in [-0.39, 0.29) is 0 Å². The highest BCUT2D eigenvalue weighted by atomic mass is 14.4. The molecule has 0 heteroatoms. The molecule has 1 saturated carbocycles. The van der Waals surface area contributed by atoms with Crippen molar-refractivity contribution in [3.8, 4) is 0 Å². The van der Waals surface area contributed by atoms with Crippen LogP contribution in [-0.4, -0.2) is 0 Å². The summed E-state index contributed by atoms with van der Waals surface area (Å²) in [6.07, 6.45) is 5.78. The fraction of sp³-hybridized carbons (Fsp3) is 1.00. The van der Waals surface area contributed by atoms with E-state index in [0.29, 0.717) is 5.41 Å². The number of rotatable bonds is 3. The molecule has 0 spiro atoms. The molecule has 0 aromatic rings. The molecular formula is C15H30. The third kappa shape index (κ3) is 3.23. The third-order valence-electron chi connectivity index (χ3n) is 4.49. The molecule has 0 N–H and O–H groups in total. The Morgan fingerprint density at radius 1 is 1.13 bits per heavy atom. The normalized spacial score (nSPS) is 32.6. The molecule has 0 saturated heterocycles. The molecule has 0 nitrogen and oxygen atoms in total. The zero-order valence-corrected chi connectivity index (χ0v) is 11.6. The summed E-state index contributed by atoms with van der Waals surface area (Å²) in [6.45, 7) is 14.4. The number of hydrogen-bond donors (Lipinski definition) is 0. The predicted octanol–water partition coefficient (Wildman–Crippen LogP) is 5.13. The predicted molar refractivity (Wildman–Crippen MR) is 68.9 cm³/mol. The van der Waals surface area contributed by atoms with Crippen LogP contribution in [-0.2, 0) is 0 Å². The second-order valence-electron chi connectivity index (χ2n) is 6.99. The fourth-order valence-electron chi connectivity index (χ4n) is 3.38. The van der Waals surface area contributed by atoms with E-state index in [4.69, 9.17) is 0 Å². The SMILES string of the molecule is CCCC1CC(C(C)(C)C)CC1C(C)C. The lowest BCUT2D eigenvalue weighted by molar-refractivity contribution is 0.231. The summed E-state index contributed by atoms with van der Waals surface area (Å²) < 4.78 is 0. The van der Waals surface area contributed by atoms with Crippen LogP contribution in [0.4, 0.5) is 0 Å². The van der Waals surface area contributed by atoms with E-state index in [2.05, 4.69) is 41.5 Å². The minimum absolute atomic E-state index is 0.523. The van der Waals surface area contributed by atoms with Crippen LogP contribution < -0.4 is 0 Å². The summed E-state index contributed by atoms with van der Waals surface area (Å²) in [6, 6.07) is 0. The Bertz CT molecular complexity index is 185. The first-order valence-corrected chi connectivity index (χ1v) is 6.86.